The second-order valence-electron chi connectivity index (χ2n) is 6.67. The highest BCUT2D eigenvalue weighted by Gasteiger charge is 2.35. The molecule has 0 saturated carbocycles. The van der Waals surface area contributed by atoms with E-state index in [1.807, 2.05) is 30.3 Å². The van der Waals surface area contributed by atoms with Gasteiger partial charge in [0.05, 0.1) is 17.7 Å². The van der Waals surface area contributed by atoms with Crippen molar-refractivity contribution in [3.63, 3.8) is 0 Å². The van der Waals surface area contributed by atoms with Crippen molar-refractivity contribution in [1.82, 2.24) is 20.0 Å². The summed E-state index contributed by atoms with van der Waals surface area (Å²) in [5.74, 6) is -0.287. The first-order valence-corrected chi connectivity index (χ1v) is 9.11. The lowest BCUT2D eigenvalue weighted by molar-refractivity contribution is -0.130. The third-order valence-corrected chi connectivity index (χ3v) is 4.71. The molecule has 0 saturated heterocycles. The predicted molar refractivity (Wildman–Crippen MR) is 103 cm³/mol. The molecule has 0 atom stereocenters. The van der Waals surface area contributed by atoms with Crippen LogP contribution in [0.1, 0.15) is 33.0 Å². The highest BCUT2D eigenvalue weighted by Crippen LogP contribution is 2.22. The van der Waals surface area contributed by atoms with Gasteiger partial charge in [-0.2, -0.15) is 0 Å². The molecule has 0 aliphatic carbocycles. The number of nitrogens with zero attached hydrogens (tertiary/aromatic N) is 4. The Bertz CT molecular complexity index is 1040. The van der Waals surface area contributed by atoms with Gasteiger partial charge in [0.2, 0.25) is 17.7 Å². The molecule has 4 rings (SSSR count). The number of rotatable bonds is 6. The van der Waals surface area contributed by atoms with Gasteiger partial charge in [0.15, 0.2) is 0 Å². The van der Waals surface area contributed by atoms with E-state index in [-0.39, 0.29) is 37.2 Å². The molecule has 3 aromatic rings. The van der Waals surface area contributed by atoms with Crippen molar-refractivity contribution in [3.05, 3.63) is 71.6 Å². The Hall–Kier alpha value is -3.81. The molecule has 3 amide bonds. The molecule has 2 heterocycles. The van der Waals surface area contributed by atoms with E-state index in [2.05, 4.69) is 10.2 Å². The smallest absolute Gasteiger partial charge is 0.261 e. The largest absolute Gasteiger partial charge is 0.419 e. The fourth-order valence-electron chi connectivity index (χ4n) is 3.15. The Kier molecular flexibility index (Phi) is 4.90. The summed E-state index contributed by atoms with van der Waals surface area (Å²) in [7, 11) is 1.61. The lowest BCUT2D eigenvalue weighted by Crippen LogP contribution is -2.35. The van der Waals surface area contributed by atoms with Gasteiger partial charge in [0.1, 0.15) is 0 Å². The van der Waals surface area contributed by atoms with E-state index in [1.165, 1.54) is 4.90 Å². The maximum atomic E-state index is 12.5. The minimum atomic E-state index is -0.370. The molecule has 1 aliphatic heterocycles. The average Bonchev–Trinajstić information content (AvgIpc) is 3.31. The third-order valence-electron chi connectivity index (χ3n) is 4.71. The summed E-state index contributed by atoms with van der Waals surface area (Å²) in [5.41, 5.74) is 1.54. The maximum absolute atomic E-state index is 12.5. The SMILES string of the molecule is CN(Cc1nnc(-c2ccccc2)o1)C(=O)CCN1C(=O)c2ccccc2C1=O. The summed E-state index contributed by atoms with van der Waals surface area (Å²) in [4.78, 5) is 39.7. The summed E-state index contributed by atoms with van der Waals surface area (Å²) in [6.07, 6.45) is 0.0155. The molecular formula is C21H18N4O4. The standard InChI is InChI=1S/C21H18N4O4/c1-24(13-17-22-23-19(29-17)14-7-3-2-4-8-14)18(26)11-12-25-20(27)15-9-5-6-10-16(15)21(25)28/h2-10H,11-13H2,1H3. The molecule has 0 fully saturated rings. The van der Waals surface area contributed by atoms with E-state index in [0.717, 1.165) is 10.5 Å². The van der Waals surface area contributed by atoms with Crippen molar-refractivity contribution in [3.8, 4) is 11.5 Å². The van der Waals surface area contributed by atoms with Crippen molar-refractivity contribution < 1.29 is 18.8 Å². The second kappa shape index (κ2) is 7.67. The zero-order chi connectivity index (χ0) is 20.4. The van der Waals surface area contributed by atoms with Gasteiger partial charge in [0, 0.05) is 25.6 Å². The van der Waals surface area contributed by atoms with Gasteiger partial charge in [0.25, 0.3) is 11.8 Å². The summed E-state index contributed by atoms with van der Waals surface area (Å²) in [6.45, 7) is 0.162. The zero-order valence-corrected chi connectivity index (χ0v) is 15.7. The number of carbonyl (C=O) groups excluding carboxylic acids is 3. The van der Waals surface area contributed by atoms with Gasteiger partial charge in [-0.15, -0.1) is 10.2 Å². The fraction of sp³-hybridized carbons (Fsp3) is 0.190. The summed E-state index contributed by atoms with van der Waals surface area (Å²) in [5, 5.41) is 7.97. The first-order chi connectivity index (χ1) is 14.0. The molecule has 2 aromatic carbocycles. The van der Waals surface area contributed by atoms with Gasteiger partial charge in [-0.05, 0) is 24.3 Å². The summed E-state index contributed by atoms with van der Waals surface area (Å²) in [6, 6.07) is 16.0. The molecule has 1 aliphatic rings. The number of aromatic nitrogens is 2. The highest BCUT2D eigenvalue weighted by atomic mass is 16.4. The van der Waals surface area contributed by atoms with Crippen LogP contribution >= 0.6 is 0 Å². The van der Waals surface area contributed by atoms with Gasteiger partial charge < -0.3 is 9.32 Å². The van der Waals surface area contributed by atoms with Gasteiger partial charge in [-0.3, -0.25) is 19.3 Å². The Labute approximate surface area is 166 Å². The monoisotopic (exact) mass is 390 g/mol. The molecule has 0 N–H and O–H groups in total. The van der Waals surface area contributed by atoms with Gasteiger partial charge in [-0.1, -0.05) is 30.3 Å². The molecule has 8 nitrogen and oxygen atoms in total. The predicted octanol–water partition coefficient (Wildman–Crippen LogP) is 2.38. The Morgan fingerprint density at radius 2 is 1.59 bits per heavy atom. The Morgan fingerprint density at radius 1 is 0.966 bits per heavy atom. The van der Waals surface area contributed by atoms with E-state index in [9.17, 15) is 14.4 Å². The van der Waals surface area contributed by atoms with Crippen molar-refractivity contribution in [2.75, 3.05) is 13.6 Å². The lowest BCUT2D eigenvalue weighted by Gasteiger charge is -2.18. The third kappa shape index (κ3) is 3.64. The summed E-state index contributed by atoms with van der Waals surface area (Å²) >= 11 is 0. The van der Waals surface area contributed by atoms with Crippen LogP contribution in [0.25, 0.3) is 11.5 Å². The van der Waals surface area contributed by atoms with Crippen LogP contribution in [0.15, 0.2) is 59.0 Å². The van der Waals surface area contributed by atoms with Crippen LogP contribution in [0.3, 0.4) is 0 Å². The minimum absolute atomic E-state index is 0.0155. The number of hydrogen-bond acceptors (Lipinski definition) is 6. The Morgan fingerprint density at radius 3 is 2.24 bits per heavy atom. The zero-order valence-electron chi connectivity index (χ0n) is 15.7. The number of fused-ring (bicyclic) bond motifs is 1. The maximum Gasteiger partial charge on any atom is 0.261 e. The molecule has 29 heavy (non-hydrogen) atoms. The highest BCUT2D eigenvalue weighted by molar-refractivity contribution is 6.21. The number of carbonyl (C=O) groups is 3. The van der Waals surface area contributed by atoms with Crippen molar-refractivity contribution in [2.45, 2.75) is 13.0 Å². The quantitative estimate of drug-likeness (QED) is 0.600. The van der Waals surface area contributed by atoms with Gasteiger partial charge >= 0.3 is 0 Å². The van der Waals surface area contributed by atoms with Crippen LogP contribution in [0.2, 0.25) is 0 Å². The van der Waals surface area contributed by atoms with Crippen LogP contribution in [-0.4, -0.2) is 51.3 Å². The summed E-state index contributed by atoms with van der Waals surface area (Å²) < 4.78 is 5.61. The molecule has 0 unspecified atom stereocenters. The van der Waals surface area contributed by atoms with Crippen LogP contribution < -0.4 is 0 Å². The van der Waals surface area contributed by atoms with E-state index in [4.69, 9.17) is 4.42 Å². The molecule has 146 valence electrons. The molecular weight excluding hydrogens is 372 g/mol. The van der Waals surface area contributed by atoms with E-state index >= 15 is 0 Å². The van der Waals surface area contributed by atoms with Crippen LogP contribution in [0, 0.1) is 0 Å². The number of benzene rings is 2. The van der Waals surface area contributed by atoms with Crippen molar-refractivity contribution in [2.24, 2.45) is 0 Å². The molecule has 0 radical (unpaired) electrons. The number of amides is 3. The molecule has 8 heteroatoms. The fourth-order valence-corrected chi connectivity index (χ4v) is 3.15. The van der Waals surface area contributed by atoms with Crippen molar-refractivity contribution >= 4 is 17.7 Å². The molecule has 0 spiro atoms. The van der Waals surface area contributed by atoms with Crippen LogP contribution in [0.4, 0.5) is 0 Å². The second-order valence-corrected chi connectivity index (χ2v) is 6.67. The van der Waals surface area contributed by atoms with Crippen LogP contribution in [-0.2, 0) is 11.3 Å². The number of hydrogen-bond donors (Lipinski definition) is 0. The molecule has 0 bridgehead atoms. The average molecular weight is 390 g/mol. The Balaban J connectivity index is 1.34. The lowest BCUT2D eigenvalue weighted by atomic mass is 10.1. The van der Waals surface area contributed by atoms with Gasteiger partial charge in [-0.25, -0.2) is 0 Å². The van der Waals surface area contributed by atoms with E-state index in [0.29, 0.717) is 22.9 Å². The first-order valence-electron chi connectivity index (χ1n) is 9.11. The van der Waals surface area contributed by atoms with E-state index < -0.39 is 0 Å². The number of imide groups is 1. The minimum Gasteiger partial charge on any atom is -0.419 e. The van der Waals surface area contributed by atoms with Crippen molar-refractivity contribution in [1.29, 1.82) is 0 Å². The molecule has 1 aromatic heterocycles. The first kappa shape index (κ1) is 18.5. The van der Waals surface area contributed by atoms with E-state index in [1.54, 1.807) is 31.3 Å². The van der Waals surface area contributed by atoms with Crippen LogP contribution in [0.5, 0.6) is 0 Å². The topological polar surface area (TPSA) is 96.6 Å². The normalized spacial score (nSPS) is 12.9.